The van der Waals surface area contributed by atoms with E-state index in [2.05, 4.69) is 5.32 Å². The molecule has 0 heterocycles. The summed E-state index contributed by atoms with van der Waals surface area (Å²) >= 11 is 0. The molecule has 0 saturated carbocycles. The van der Waals surface area contributed by atoms with E-state index in [0.29, 0.717) is 17.1 Å². The third-order valence-corrected chi connectivity index (χ3v) is 3.42. The van der Waals surface area contributed by atoms with Gasteiger partial charge in [-0.05, 0) is 17.7 Å². The highest BCUT2D eigenvalue weighted by Gasteiger charge is 2.22. The fraction of sp³-hybridized carbons (Fsp3) is 0.222. The van der Waals surface area contributed by atoms with Crippen molar-refractivity contribution < 1.29 is 28.9 Å². The summed E-state index contributed by atoms with van der Waals surface area (Å²) in [5.74, 6) is -0.650. The SMILES string of the molecule is COc1cccc(OC)c1OCC(=O)NC(C(=O)O)c1ccccc1. The molecule has 0 spiro atoms. The van der Waals surface area contributed by atoms with E-state index in [0.717, 1.165) is 0 Å². The van der Waals surface area contributed by atoms with E-state index in [1.807, 2.05) is 0 Å². The third kappa shape index (κ3) is 4.63. The number of nitrogens with one attached hydrogen (secondary N) is 1. The Morgan fingerprint density at radius 3 is 2.12 bits per heavy atom. The summed E-state index contributed by atoms with van der Waals surface area (Å²) in [6.07, 6.45) is 0. The van der Waals surface area contributed by atoms with Crippen LogP contribution >= 0.6 is 0 Å². The third-order valence-electron chi connectivity index (χ3n) is 3.42. The number of para-hydroxylation sites is 1. The number of carboxylic acid groups (broad SMARTS) is 1. The Hall–Kier alpha value is -3.22. The van der Waals surface area contributed by atoms with Crippen LogP contribution in [0.3, 0.4) is 0 Å². The maximum atomic E-state index is 12.1. The predicted molar refractivity (Wildman–Crippen MR) is 90.0 cm³/mol. The molecule has 0 bridgehead atoms. The molecule has 0 radical (unpaired) electrons. The maximum Gasteiger partial charge on any atom is 0.330 e. The van der Waals surface area contributed by atoms with Crippen molar-refractivity contribution in [3.63, 3.8) is 0 Å². The maximum absolute atomic E-state index is 12.1. The van der Waals surface area contributed by atoms with Gasteiger partial charge >= 0.3 is 5.97 Å². The standard InChI is InChI=1S/C18H19NO6/c1-23-13-9-6-10-14(24-2)17(13)25-11-15(20)19-16(18(21)22)12-7-4-3-5-8-12/h3-10,16H,11H2,1-2H3,(H,19,20)(H,21,22). The number of benzene rings is 2. The van der Waals surface area contributed by atoms with Gasteiger partial charge in [0.2, 0.25) is 5.75 Å². The molecule has 7 nitrogen and oxygen atoms in total. The quantitative estimate of drug-likeness (QED) is 0.760. The number of carboxylic acids is 1. The Morgan fingerprint density at radius 2 is 1.60 bits per heavy atom. The van der Waals surface area contributed by atoms with E-state index in [-0.39, 0.29) is 12.4 Å². The molecule has 2 aromatic rings. The topological polar surface area (TPSA) is 94.1 Å². The number of aliphatic carboxylic acids is 1. The lowest BCUT2D eigenvalue weighted by atomic mass is 10.1. The van der Waals surface area contributed by atoms with Crippen LogP contribution in [0, 0.1) is 0 Å². The molecule has 25 heavy (non-hydrogen) atoms. The summed E-state index contributed by atoms with van der Waals surface area (Å²) in [4.78, 5) is 23.5. The van der Waals surface area contributed by atoms with Gasteiger partial charge in [0, 0.05) is 0 Å². The number of hydrogen-bond acceptors (Lipinski definition) is 5. The molecular formula is C18H19NO6. The van der Waals surface area contributed by atoms with Crippen LogP contribution < -0.4 is 19.5 Å². The zero-order valence-electron chi connectivity index (χ0n) is 13.9. The normalized spacial score (nSPS) is 11.3. The van der Waals surface area contributed by atoms with E-state index in [1.165, 1.54) is 14.2 Å². The van der Waals surface area contributed by atoms with Crippen LogP contribution in [-0.4, -0.2) is 37.8 Å². The highest BCUT2D eigenvalue weighted by Crippen LogP contribution is 2.36. The number of methoxy groups -OCH3 is 2. The monoisotopic (exact) mass is 345 g/mol. The minimum atomic E-state index is -1.16. The lowest BCUT2D eigenvalue weighted by Gasteiger charge is -2.17. The second-order valence-electron chi connectivity index (χ2n) is 5.03. The van der Waals surface area contributed by atoms with Crippen LogP contribution in [0.2, 0.25) is 0 Å². The molecule has 0 aliphatic rings. The van der Waals surface area contributed by atoms with E-state index < -0.39 is 17.9 Å². The van der Waals surface area contributed by atoms with Gasteiger partial charge in [0.05, 0.1) is 14.2 Å². The zero-order valence-corrected chi connectivity index (χ0v) is 13.9. The van der Waals surface area contributed by atoms with Gasteiger partial charge in [-0.25, -0.2) is 4.79 Å². The van der Waals surface area contributed by atoms with E-state index in [9.17, 15) is 14.7 Å². The van der Waals surface area contributed by atoms with Crippen molar-refractivity contribution in [1.29, 1.82) is 0 Å². The van der Waals surface area contributed by atoms with Gasteiger partial charge in [0.15, 0.2) is 24.1 Å². The fourth-order valence-electron chi connectivity index (χ4n) is 2.23. The highest BCUT2D eigenvalue weighted by atomic mass is 16.5. The summed E-state index contributed by atoms with van der Waals surface area (Å²) in [5, 5.41) is 11.8. The summed E-state index contributed by atoms with van der Waals surface area (Å²) in [6.45, 7) is -0.382. The first-order valence-corrected chi connectivity index (χ1v) is 7.47. The van der Waals surface area contributed by atoms with Crippen molar-refractivity contribution in [2.24, 2.45) is 0 Å². The van der Waals surface area contributed by atoms with Crippen molar-refractivity contribution >= 4 is 11.9 Å². The number of amides is 1. The van der Waals surface area contributed by atoms with E-state index in [4.69, 9.17) is 14.2 Å². The Labute approximate surface area is 145 Å². The van der Waals surface area contributed by atoms with Crippen LogP contribution in [0.15, 0.2) is 48.5 Å². The number of hydrogen-bond donors (Lipinski definition) is 2. The molecule has 7 heteroatoms. The number of carbonyl (C=O) groups is 2. The Kier molecular flexibility index (Phi) is 6.22. The molecule has 0 aromatic heterocycles. The molecule has 2 aromatic carbocycles. The molecule has 0 fully saturated rings. The summed E-state index contributed by atoms with van der Waals surface area (Å²) in [5.41, 5.74) is 0.471. The molecule has 0 aliphatic carbocycles. The first-order valence-electron chi connectivity index (χ1n) is 7.47. The Bertz CT molecular complexity index is 709. The minimum absolute atomic E-state index is 0.272. The Balaban J connectivity index is 2.06. The van der Waals surface area contributed by atoms with Gasteiger partial charge in [-0.15, -0.1) is 0 Å². The molecule has 1 atom stereocenters. The molecule has 0 saturated heterocycles. The van der Waals surface area contributed by atoms with Gasteiger partial charge in [-0.3, -0.25) is 4.79 Å². The van der Waals surface area contributed by atoms with Gasteiger partial charge in [0.1, 0.15) is 0 Å². The van der Waals surface area contributed by atoms with E-state index >= 15 is 0 Å². The fourth-order valence-corrected chi connectivity index (χ4v) is 2.23. The first kappa shape index (κ1) is 18.1. The van der Waals surface area contributed by atoms with Crippen LogP contribution in [0.4, 0.5) is 0 Å². The van der Waals surface area contributed by atoms with Crippen LogP contribution in [0.25, 0.3) is 0 Å². The lowest BCUT2D eigenvalue weighted by Crippen LogP contribution is -2.36. The lowest BCUT2D eigenvalue weighted by molar-refractivity contribution is -0.142. The van der Waals surface area contributed by atoms with Crippen molar-refractivity contribution in [1.82, 2.24) is 5.32 Å². The van der Waals surface area contributed by atoms with Crippen molar-refractivity contribution in [2.75, 3.05) is 20.8 Å². The highest BCUT2D eigenvalue weighted by molar-refractivity contribution is 5.85. The zero-order chi connectivity index (χ0) is 18.2. The average Bonchev–Trinajstić information content (AvgIpc) is 2.64. The molecule has 0 aliphatic heterocycles. The van der Waals surface area contributed by atoms with Gasteiger partial charge in [-0.2, -0.15) is 0 Å². The summed E-state index contributed by atoms with van der Waals surface area (Å²) < 4.78 is 15.8. The molecule has 1 amide bonds. The second-order valence-corrected chi connectivity index (χ2v) is 5.03. The van der Waals surface area contributed by atoms with Gasteiger partial charge in [0.25, 0.3) is 5.91 Å². The molecule has 2 N–H and O–H groups in total. The molecular weight excluding hydrogens is 326 g/mol. The molecule has 2 rings (SSSR count). The Morgan fingerprint density at radius 1 is 1.00 bits per heavy atom. The largest absolute Gasteiger partial charge is 0.493 e. The number of rotatable bonds is 8. The predicted octanol–water partition coefficient (Wildman–Crippen LogP) is 2.02. The average molecular weight is 345 g/mol. The second kappa shape index (κ2) is 8.58. The smallest absolute Gasteiger partial charge is 0.330 e. The number of ether oxygens (including phenoxy) is 3. The minimum Gasteiger partial charge on any atom is -0.493 e. The molecule has 1 unspecified atom stereocenters. The van der Waals surface area contributed by atoms with Crippen molar-refractivity contribution in [2.45, 2.75) is 6.04 Å². The first-order chi connectivity index (χ1) is 12.1. The number of carbonyl (C=O) groups excluding carboxylic acids is 1. The van der Waals surface area contributed by atoms with Gasteiger partial charge in [-0.1, -0.05) is 36.4 Å². The van der Waals surface area contributed by atoms with Crippen LogP contribution in [0.5, 0.6) is 17.2 Å². The summed E-state index contributed by atoms with van der Waals surface area (Å²) in [6, 6.07) is 12.3. The van der Waals surface area contributed by atoms with Crippen LogP contribution in [0.1, 0.15) is 11.6 Å². The van der Waals surface area contributed by atoms with E-state index in [1.54, 1.807) is 48.5 Å². The summed E-state index contributed by atoms with van der Waals surface area (Å²) in [7, 11) is 2.94. The van der Waals surface area contributed by atoms with Crippen LogP contribution in [-0.2, 0) is 9.59 Å². The van der Waals surface area contributed by atoms with Crippen molar-refractivity contribution in [3.8, 4) is 17.2 Å². The molecule has 132 valence electrons. The van der Waals surface area contributed by atoms with Crippen molar-refractivity contribution in [3.05, 3.63) is 54.1 Å². The van der Waals surface area contributed by atoms with Gasteiger partial charge < -0.3 is 24.6 Å².